The summed E-state index contributed by atoms with van der Waals surface area (Å²) in [4.78, 5) is 11.0. The third kappa shape index (κ3) is 2.58. The van der Waals surface area contributed by atoms with E-state index in [0.717, 1.165) is 30.4 Å². The zero-order valence-electron chi connectivity index (χ0n) is 11.6. The van der Waals surface area contributed by atoms with Crippen LogP contribution in [0.25, 0.3) is 0 Å². The molecule has 0 aliphatic heterocycles. The summed E-state index contributed by atoms with van der Waals surface area (Å²) in [7, 11) is -2.37. The number of aliphatic carboxylic acids is 1. The number of carboxylic acid groups (broad SMARTS) is 1. The number of nitrogens with zero attached hydrogens (tertiary/aromatic N) is 1. The Bertz CT molecular complexity index is 611. The minimum Gasteiger partial charge on any atom is -0.480 e. The second-order valence-electron chi connectivity index (χ2n) is 5.15. The van der Waals surface area contributed by atoms with Crippen molar-refractivity contribution in [1.29, 1.82) is 0 Å². The maximum atomic E-state index is 12.3. The molecule has 0 aromatic heterocycles. The Morgan fingerprint density at radius 2 is 2.05 bits per heavy atom. The minimum absolute atomic E-state index is 0.272. The molecule has 2 atom stereocenters. The third-order valence-corrected chi connectivity index (χ3v) is 6.13. The van der Waals surface area contributed by atoms with Gasteiger partial charge in [-0.1, -0.05) is 24.3 Å². The Labute approximate surface area is 119 Å². The Morgan fingerprint density at radius 3 is 2.70 bits per heavy atom. The van der Waals surface area contributed by atoms with Crippen molar-refractivity contribution in [1.82, 2.24) is 4.31 Å². The van der Waals surface area contributed by atoms with E-state index in [1.165, 1.54) is 18.3 Å². The first kappa shape index (κ1) is 15.0. The fraction of sp³-hybridized carbons (Fsp3) is 0.500. The molecular weight excluding hydrogens is 278 g/mol. The highest BCUT2D eigenvalue weighted by molar-refractivity contribution is 7.90. The maximum Gasteiger partial charge on any atom is 0.323 e. The fourth-order valence-corrected chi connectivity index (χ4v) is 3.99. The molecular formula is C14H19NO4S. The van der Waals surface area contributed by atoms with Crippen molar-refractivity contribution in [3.05, 3.63) is 35.4 Å². The van der Waals surface area contributed by atoms with Crippen LogP contribution in [0.5, 0.6) is 0 Å². The molecule has 6 heteroatoms. The molecule has 2 rings (SSSR count). The highest BCUT2D eigenvalue weighted by Gasteiger charge is 2.37. The van der Waals surface area contributed by atoms with Crippen molar-refractivity contribution >= 4 is 16.0 Å². The topological polar surface area (TPSA) is 74.7 Å². The molecule has 20 heavy (non-hydrogen) atoms. The SMILES string of the molecule is CC(C(=O)O)S(=O)(=O)N(C)C1CCCc2ccccc21. The molecule has 1 aromatic carbocycles. The van der Waals surface area contributed by atoms with E-state index < -0.39 is 21.2 Å². The lowest BCUT2D eigenvalue weighted by molar-refractivity contribution is -0.136. The molecule has 1 aliphatic rings. The molecule has 0 bridgehead atoms. The average molecular weight is 297 g/mol. The Balaban J connectivity index is 2.36. The fourth-order valence-electron chi connectivity index (χ4n) is 2.66. The molecule has 0 saturated carbocycles. The largest absolute Gasteiger partial charge is 0.480 e. The van der Waals surface area contributed by atoms with Crippen molar-refractivity contribution in [3.8, 4) is 0 Å². The lowest BCUT2D eigenvalue weighted by Crippen LogP contribution is -2.41. The van der Waals surface area contributed by atoms with Gasteiger partial charge in [0.05, 0.1) is 0 Å². The minimum atomic E-state index is -3.85. The Kier molecular flexibility index (Phi) is 4.15. The summed E-state index contributed by atoms with van der Waals surface area (Å²) in [6, 6.07) is 7.49. The highest BCUT2D eigenvalue weighted by Crippen LogP contribution is 2.35. The van der Waals surface area contributed by atoms with Crippen LogP contribution in [0.15, 0.2) is 24.3 Å². The molecule has 1 aromatic rings. The van der Waals surface area contributed by atoms with Gasteiger partial charge in [-0.25, -0.2) is 8.42 Å². The van der Waals surface area contributed by atoms with Gasteiger partial charge in [-0.05, 0) is 37.3 Å². The van der Waals surface area contributed by atoms with Gasteiger partial charge in [0.15, 0.2) is 5.25 Å². The molecule has 0 amide bonds. The van der Waals surface area contributed by atoms with Crippen LogP contribution in [0, 0.1) is 0 Å². The average Bonchev–Trinajstić information content (AvgIpc) is 2.44. The van der Waals surface area contributed by atoms with Gasteiger partial charge in [0.25, 0.3) is 0 Å². The summed E-state index contributed by atoms with van der Waals surface area (Å²) in [6.07, 6.45) is 2.57. The van der Waals surface area contributed by atoms with E-state index in [1.54, 1.807) is 0 Å². The second kappa shape index (κ2) is 5.54. The monoisotopic (exact) mass is 297 g/mol. The summed E-state index contributed by atoms with van der Waals surface area (Å²) in [6.45, 7) is 1.21. The molecule has 1 aliphatic carbocycles. The summed E-state index contributed by atoms with van der Waals surface area (Å²) in [5.41, 5.74) is 2.14. The van der Waals surface area contributed by atoms with Crippen LogP contribution in [-0.2, 0) is 21.2 Å². The Hall–Kier alpha value is -1.40. The smallest absolute Gasteiger partial charge is 0.323 e. The number of sulfonamides is 1. The number of benzene rings is 1. The van der Waals surface area contributed by atoms with Crippen LogP contribution in [0.1, 0.15) is 36.9 Å². The number of fused-ring (bicyclic) bond motifs is 1. The van der Waals surface area contributed by atoms with Crippen LogP contribution in [0.4, 0.5) is 0 Å². The molecule has 0 spiro atoms. The number of carboxylic acids is 1. The first-order valence-corrected chi connectivity index (χ1v) is 8.13. The number of hydrogen-bond donors (Lipinski definition) is 1. The normalized spacial score (nSPS) is 20.4. The maximum absolute atomic E-state index is 12.3. The van der Waals surface area contributed by atoms with E-state index in [4.69, 9.17) is 5.11 Å². The molecule has 0 saturated heterocycles. The van der Waals surface area contributed by atoms with Crippen molar-refractivity contribution in [2.75, 3.05) is 7.05 Å². The zero-order chi connectivity index (χ0) is 14.9. The van der Waals surface area contributed by atoms with E-state index in [9.17, 15) is 13.2 Å². The summed E-state index contributed by atoms with van der Waals surface area (Å²) in [5, 5.41) is 7.53. The van der Waals surface area contributed by atoms with Crippen LogP contribution >= 0.6 is 0 Å². The van der Waals surface area contributed by atoms with E-state index in [0.29, 0.717) is 0 Å². The van der Waals surface area contributed by atoms with E-state index >= 15 is 0 Å². The third-order valence-electron chi connectivity index (χ3n) is 3.97. The highest BCUT2D eigenvalue weighted by atomic mass is 32.2. The van der Waals surface area contributed by atoms with Gasteiger partial charge < -0.3 is 5.11 Å². The molecule has 1 N–H and O–H groups in total. The van der Waals surface area contributed by atoms with E-state index in [1.807, 2.05) is 24.3 Å². The summed E-state index contributed by atoms with van der Waals surface area (Å²) in [5.74, 6) is -1.32. The van der Waals surface area contributed by atoms with Crippen LogP contribution in [-0.4, -0.2) is 36.1 Å². The van der Waals surface area contributed by atoms with E-state index in [-0.39, 0.29) is 6.04 Å². The quantitative estimate of drug-likeness (QED) is 0.919. The van der Waals surface area contributed by atoms with Gasteiger partial charge in [-0.2, -0.15) is 4.31 Å². The summed E-state index contributed by atoms with van der Waals surface area (Å²) < 4.78 is 25.9. The summed E-state index contributed by atoms with van der Waals surface area (Å²) >= 11 is 0. The van der Waals surface area contributed by atoms with Gasteiger partial charge >= 0.3 is 5.97 Å². The van der Waals surface area contributed by atoms with Crippen LogP contribution in [0.3, 0.4) is 0 Å². The predicted octanol–water partition coefficient (Wildman–Crippen LogP) is 1.80. The van der Waals surface area contributed by atoms with Crippen LogP contribution in [0.2, 0.25) is 0 Å². The number of rotatable bonds is 4. The molecule has 0 radical (unpaired) electrons. The van der Waals surface area contributed by atoms with Gasteiger partial charge in [-0.3, -0.25) is 4.79 Å². The van der Waals surface area contributed by atoms with Crippen molar-refractivity contribution in [2.45, 2.75) is 37.5 Å². The lowest BCUT2D eigenvalue weighted by Gasteiger charge is -2.33. The van der Waals surface area contributed by atoms with Crippen molar-refractivity contribution in [3.63, 3.8) is 0 Å². The van der Waals surface area contributed by atoms with Gasteiger partial charge in [0.2, 0.25) is 10.0 Å². The molecule has 2 unspecified atom stereocenters. The first-order chi connectivity index (χ1) is 9.35. The molecule has 5 nitrogen and oxygen atoms in total. The Morgan fingerprint density at radius 1 is 1.40 bits per heavy atom. The first-order valence-electron chi connectivity index (χ1n) is 6.63. The van der Waals surface area contributed by atoms with Gasteiger partial charge in [0.1, 0.15) is 0 Å². The standard InChI is InChI=1S/C14H19NO4S/c1-10(14(16)17)20(18,19)15(2)13-9-5-7-11-6-3-4-8-12(11)13/h3-4,6,8,10,13H,5,7,9H2,1-2H3,(H,16,17). The molecule has 0 fully saturated rings. The second-order valence-corrected chi connectivity index (χ2v) is 7.46. The number of hydrogen-bond acceptors (Lipinski definition) is 3. The molecule has 0 heterocycles. The predicted molar refractivity (Wildman–Crippen MR) is 75.9 cm³/mol. The van der Waals surface area contributed by atoms with E-state index in [2.05, 4.69) is 0 Å². The van der Waals surface area contributed by atoms with Crippen molar-refractivity contribution in [2.24, 2.45) is 0 Å². The van der Waals surface area contributed by atoms with Crippen LogP contribution < -0.4 is 0 Å². The van der Waals surface area contributed by atoms with Crippen molar-refractivity contribution < 1.29 is 18.3 Å². The lowest BCUT2D eigenvalue weighted by atomic mass is 9.88. The van der Waals surface area contributed by atoms with Gasteiger partial charge in [-0.15, -0.1) is 0 Å². The number of aryl methyl sites for hydroxylation is 1. The molecule has 110 valence electrons. The van der Waals surface area contributed by atoms with Gasteiger partial charge in [0, 0.05) is 13.1 Å². The zero-order valence-corrected chi connectivity index (χ0v) is 12.4. The number of carbonyl (C=O) groups is 1.